The van der Waals surface area contributed by atoms with E-state index in [0.717, 1.165) is 44.6 Å². The second-order valence-corrected chi connectivity index (χ2v) is 7.89. The zero-order valence-corrected chi connectivity index (χ0v) is 17.4. The number of hydrogen-bond donors (Lipinski definition) is 1. The van der Waals surface area contributed by atoms with Gasteiger partial charge in [0, 0.05) is 43.8 Å². The smallest absolute Gasteiger partial charge is 0.342 e. The molecule has 7 heteroatoms. The van der Waals surface area contributed by atoms with Gasteiger partial charge in [-0.3, -0.25) is 4.79 Å². The number of esters is 1. The molecule has 0 saturated carbocycles. The highest BCUT2D eigenvalue weighted by atomic mass is 16.5. The number of pyridine rings is 1. The van der Waals surface area contributed by atoms with Gasteiger partial charge in [0.25, 0.3) is 5.91 Å². The van der Waals surface area contributed by atoms with E-state index < -0.39 is 5.97 Å². The van der Waals surface area contributed by atoms with Crippen molar-refractivity contribution in [1.82, 2.24) is 4.98 Å². The van der Waals surface area contributed by atoms with Crippen molar-refractivity contribution < 1.29 is 14.3 Å². The Labute approximate surface area is 177 Å². The molecule has 1 aromatic heterocycles. The van der Waals surface area contributed by atoms with Gasteiger partial charge in [0.05, 0.1) is 0 Å². The van der Waals surface area contributed by atoms with Crippen LogP contribution in [0.3, 0.4) is 0 Å². The fourth-order valence-corrected chi connectivity index (χ4v) is 4.19. The summed E-state index contributed by atoms with van der Waals surface area (Å²) in [5.74, 6) is -0.252. The van der Waals surface area contributed by atoms with Crippen LogP contribution in [0, 0.1) is 6.92 Å². The molecule has 7 nitrogen and oxygen atoms in total. The van der Waals surface area contributed by atoms with E-state index in [1.54, 1.807) is 18.3 Å². The molecule has 2 aliphatic heterocycles. The van der Waals surface area contributed by atoms with E-state index >= 15 is 0 Å². The Morgan fingerprint density at radius 1 is 1.03 bits per heavy atom. The molecule has 0 aliphatic carbocycles. The van der Waals surface area contributed by atoms with E-state index in [1.807, 2.05) is 25.1 Å². The number of benzene rings is 1. The fraction of sp³-hybridized carbons (Fsp3) is 0.435. The lowest BCUT2D eigenvalue weighted by Crippen LogP contribution is -2.25. The minimum absolute atomic E-state index is 0.333. The van der Waals surface area contributed by atoms with Crippen LogP contribution in [0.25, 0.3) is 0 Å². The monoisotopic (exact) mass is 408 g/mol. The Bertz CT molecular complexity index is 918. The molecular formula is C23H28N4O3. The van der Waals surface area contributed by atoms with Crippen LogP contribution in [-0.2, 0) is 9.53 Å². The molecule has 0 radical (unpaired) electrons. The Hall–Kier alpha value is -3.09. The highest BCUT2D eigenvalue weighted by Gasteiger charge is 2.22. The first-order valence-corrected chi connectivity index (χ1v) is 10.6. The number of carbonyl (C=O) groups excluding carboxylic acids is 2. The van der Waals surface area contributed by atoms with Crippen molar-refractivity contribution in [3.05, 3.63) is 47.7 Å². The van der Waals surface area contributed by atoms with E-state index in [4.69, 9.17) is 4.74 Å². The van der Waals surface area contributed by atoms with Gasteiger partial charge in [-0.25, -0.2) is 9.78 Å². The van der Waals surface area contributed by atoms with Crippen LogP contribution < -0.4 is 15.1 Å². The number of aryl methyl sites for hydroxylation is 1. The maximum Gasteiger partial charge on any atom is 0.342 e. The normalized spacial score (nSPS) is 16.0. The van der Waals surface area contributed by atoms with E-state index in [1.165, 1.54) is 18.5 Å². The summed E-state index contributed by atoms with van der Waals surface area (Å²) in [4.78, 5) is 33.7. The quantitative estimate of drug-likeness (QED) is 0.739. The zero-order valence-electron chi connectivity index (χ0n) is 17.4. The van der Waals surface area contributed by atoms with Crippen LogP contribution in [0.4, 0.5) is 17.2 Å². The molecule has 0 unspecified atom stereocenters. The molecule has 158 valence electrons. The lowest BCUT2D eigenvalue weighted by molar-refractivity contribution is -0.119. The third kappa shape index (κ3) is 4.56. The highest BCUT2D eigenvalue weighted by molar-refractivity contribution is 5.98. The van der Waals surface area contributed by atoms with Gasteiger partial charge in [0.2, 0.25) is 0 Å². The Balaban J connectivity index is 1.34. The molecule has 30 heavy (non-hydrogen) atoms. The third-order valence-corrected chi connectivity index (χ3v) is 5.67. The topological polar surface area (TPSA) is 74.8 Å². The summed E-state index contributed by atoms with van der Waals surface area (Å²) in [5, 5.41) is 2.82. The lowest BCUT2D eigenvalue weighted by Gasteiger charge is -2.20. The van der Waals surface area contributed by atoms with Gasteiger partial charge in [0.15, 0.2) is 6.61 Å². The lowest BCUT2D eigenvalue weighted by atomic mass is 10.1. The first-order valence-electron chi connectivity index (χ1n) is 10.6. The minimum atomic E-state index is -0.527. The first kappa shape index (κ1) is 20.2. The molecule has 2 aliphatic rings. The summed E-state index contributed by atoms with van der Waals surface area (Å²) >= 11 is 0. The van der Waals surface area contributed by atoms with Gasteiger partial charge in [-0.05, 0) is 68.5 Å². The minimum Gasteiger partial charge on any atom is -0.452 e. The summed E-state index contributed by atoms with van der Waals surface area (Å²) in [6, 6.07) is 9.30. The number of carbonyl (C=O) groups is 2. The molecule has 1 N–H and O–H groups in total. The van der Waals surface area contributed by atoms with E-state index in [0.29, 0.717) is 17.1 Å². The summed E-state index contributed by atoms with van der Waals surface area (Å²) in [6.07, 6.45) is 6.29. The number of hydrogen-bond acceptors (Lipinski definition) is 6. The molecular weight excluding hydrogens is 380 g/mol. The molecule has 0 spiro atoms. The van der Waals surface area contributed by atoms with Crippen molar-refractivity contribution in [3.63, 3.8) is 0 Å². The molecule has 0 atom stereocenters. The summed E-state index contributed by atoms with van der Waals surface area (Å²) in [7, 11) is 0. The third-order valence-electron chi connectivity index (χ3n) is 5.67. The molecule has 2 fully saturated rings. The molecule has 2 aromatic rings. The summed E-state index contributed by atoms with van der Waals surface area (Å²) in [5.41, 5.74) is 3.44. The molecule has 1 amide bonds. The van der Waals surface area contributed by atoms with Crippen molar-refractivity contribution in [2.24, 2.45) is 0 Å². The zero-order chi connectivity index (χ0) is 20.9. The van der Waals surface area contributed by atoms with Crippen molar-refractivity contribution in [2.45, 2.75) is 32.6 Å². The van der Waals surface area contributed by atoms with Crippen LogP contribution in [0.2, 0.25) is 0 Å². The number of amides is 1. The number of rotatable bonds is 6. The number of nitrogens with one attached hydrogen (secondary N) is 1. The van der Waals surface area contributed by atoms with E-state index in [2.05, 4.69) is 20.1 Å². The maximum absolute atomic E-state index is 12.6. The number of anilines is 3. The second kappa shape index (κ2) is 9.15. The Morgan fingerprint density at radius 3 is 2.43 bits per heavy atom. The predicted octanol–water partition coefficient (Wildman–Crippen LogP) is 3.39. The fourth-order valence-electron chi connectivity index (χ4n) is 4.19. The largest absolute Gasteiger partial charge is 0.452 e. The average molecular weight is 409 g/mol. The van der Waals surface area contributed by atoms with Crippen LogP contribution in [0.15, 0.2) is 36.5 Å². The summed E-state index contributed by atoms with van der Waals surface area (Å²) in [6.45, 7) is 5.63. The Morgan fingerprint density at radius 2 is 1.73 bits per heavy atom. The van der Waals surface area contributed by atoms with E-state index in [9.17, 15) is 9.59 Å². The molecule has 2 saturated heterocycles. The second-order valence-electron chi connectivity index (χ2n) is 7.89. The van der Waals surface area contributed by atoms with Gasteiger partial charge in [0.1, 0.15) is 11.4 Å². The maximum atomic E-state index is 12.6. The molecule has 0 bridgehead atoms. The molecule has 1 aromatic carbocycles. The Kier molecular flexibility index (Phi) is 6.16. The number of ether oxygens (including phenoxy) is 1. The number of nitrogens with zero attached hydrogens (tertiary/aromatic N) is 3. The van der Waals surface area contributed by atoms with Crippen molar-refractivity contribution >= 4 is 29.1 Å². The van der Waals surface area contributed by atoms with Crippen molar-refractivity contribution in [1.29, 1.82) is 0 Å². The van der Waals surface area contributed by atoms with Gasteiger partial charge in [-0.2, -0.15) is 0 Å². The van der Waals surface area contributed by atoms with Gasteiger partial charge < -0.3 is 19.9 Å². The van der Waals surface area contributed by atoms with Gasteiger partial charge >= 0.3 is 5.97 Å². The van der Waals surface area contributed by atoms with Crippen molar-refractivity contribution in [2.75, 3.05) is 47.9 Å². The van der Waals surface area contributed by atoms with Gasteiger partial charge in [-0.15, -0.1) is 0 Å². The van der Waals surface area contributed by atoms with Crippen LogP contribution in [-0.4, -0.2) is 49.6 Å². The average Bonchev–Trinajstić information content (AvgIpc) is 3.46. The molecule has 4 rings (SSSR count). The first-order chi connectivity index (χ1) is 14.6. The van der Waals surface area contributed by atoms with Crippen LogP contribution in [0.5, 0.6) is 0 Å². The predicted molar refractivity (Wildman–Crippen MR) is 117 cm³/mol. The van der Waals surface area contributed by atoms with Gasteiger partial charge in [-0.1, -0.05) is 0 Å². The van der Waals surface area contributed by atoms with Crippen molar-refractivity contribution in [3.8, 4) is 0 Å². The highest BCUT2D eigenvalue weighted by Crippen LogP contribution is 2.27. The van der Waals surface area contributed by atoms with Crippen LogP contribution >= 0.6 is 0 Å². The molecule has 3 heterocycles. The number of aromatic nitrogens is 1. The summed E-state index contributed by atoms with van der Waals surface area (Å²) < 4.78 is 5.27. The van der Waals surface area contributed by atoms with E-state index in [-0.39, 0.29) is 12.5 Å². The standard InChI is InChI=1S/C23H28N4O3/c1-17-15-18(8-9-20(17)26-11-2-3-12-26)25-21(28)16-30-23(29)19-7-6-10-24-22(19)27-13-4-5-14-27/h6-10,15H,2-5,11-14,16H2,1H3,(H,25,28). The van der Waals surface area contributed by atoms with Crippen LogP contribution in [0.1, 0.15) is 41.6 Å². The SMILES string of the molecule is Cc1cc(NC(=O)COC(=O)c2cccnc2N2CCCC2)ccc1N1CCCC1.